The predicted octanol–water partition coefficient (Wildman–Crippen LogP) is 5.02. The Morgan fingerprint density at radius 2 is 1.67 bits per heavy atom. The Kier molecular flexibility index (Phi) is 7.24. The van der Waals surface area contributed by atoms with Crippen LogP contribution in [0, 0.1) is 0 Å². The van der Waals surface area contributed by atoms with Crippen LogP contribution in [0.2, 0.25) is 0 Å². The van der Waals surface area contributed by atoms with Crippen LogP contribution in [0.3, 0.4) is 0 Å². The lowest BCUT2D eigenvalue weighted by atomic mass is 10.0. The number of aromatic nitrogens is 1. The van der Waals surface area contributed by atoms with Gasteiger partial charge in [0.1, 0.15) is 0 Å². The van der Waals surface area contributed by atoms with Gasteiger partial charge in [-0.15, -0.1) is 11.3 Å². The van der Waals surface area contributed by atoms with Crippen molar-refractivity contribution in [1.29, 1.82) is 0 Å². The van der Waals surface area contributed by atoms with Crippen LogP contribution < -0.4 is 16.0 Å². The Hall–Kier alpha value is -3.81. The van der Waals surface area contributed by atoms with Crippen molar-refractivity contribution in [2.45, 2.75) is 19.0 Å². The molecule has 0 bridgehead atoms. The van der Waals surface area contributed by atoms with Crippen molar-refractivity contribution >= 4 is 33.8 Å². The fourth-order valence-corrected chi connectivity index (χ4v) is 4.16. The van der Waals surface area contributed by atoms with Crippen LogP contribution in [0.1, 0.15) is 33.9 Å². The first-order valence-corrected chi connectivity index (χ1v) is 11.4. The van der Waals surface area contributed by atoms with E-state index in [2.05, 4.69) is 10.3 Å². The lowest BCUT2D eigenvalue weighted by Gasteiger charge is -2.23. The first-order valence-electron chi connectivity index (χ1n) is 10.5. The Morgan fingerprint density at radius 1 is 0.939 bits per heavy atom. The van der Waals surface area contributed by atoms with Crippen molar-refractivity contribution in [1.82, 2.24) is 4.98 Å². The number of benzene rings is 2. The average Bonchev–Trinajstić information content (AvgIpc) is 3.38. The summed E-state index contributed by atoms with van der Waals surface area (Å²) in [7, 11) is 0. The molecule has 0 radical (unpaired) electrons. The second-order valence-corrected chi connectivity index (χ2v) is 8.47. The van der Waals surface area contributed by atoms with E-state index in [9.17, 15) is 9.59 Å². The number of hydrogen-bond donors (Lipinski definition) is 2. The third kappa shape index (κ3) is 5.91. The number of thiophene rings is 1. The first-order chi connectivity index (χ1) is 16.1. The summed E-state index contributed by atoms with van der Waals surface area (Å²) >= 11 is 1.52. The summed E-state index contributed by atoms with van der Waals surface area (Å²) in [6.45, 7) is 0.487. The fraction of sp³-hybridized carbons (Fsp3) is 0.115. The van der Waals surface area contributed by atoms with Gasteiger partial charge in [0, 0.05) is 36.1 Å². The lowest BCUT2D eigenvalue weighted by molar-refractivity contribution is -0.119. The molecule has 7 heteroatoms. The van der Waals surface area contributed by atoms with Crippen molar-refractivity contribution in [3.63, 3.8) is 0 Å². The highest BCUT2D eigenvalue weighted by atomic mass is 32.1. The van der Waals surface area contributed by atoms with E-state index in [4.69, 9.17) is 5.73 Å². The highest BCUT2D eigenvalue weighted by Crippen LogP contribution is 2.26. The molecule has 2 amide bonds. The molecule has 4 aromatic rings. The van der Waals surface area contributed by atoms with E-state index in [1.54, 1.807) is 53.7 Å². The van der Waals surface area contributed by atoms with Gasteiger partial charge in [-0.1, -0.05) is 42.5 Å². The zero-order valence-corrected chi connectivity index (χ0v) is 18.7. The molecule has 1 atom stereocenters. The van der Waals surface area contributed by atoms with E-state index >= 15 is 0 Å². The quantitative estimate of drug-likeness (QED) is 0.390. The van der Waals surface area contributed by atoms with Crippen LogP contribution in [-0.4, -0.2) is 16.8 Å². The molecule has 0 saturated carbocycles. The summed E-state index contributed by atoms with van der Waals surface area (Å²) in [5, 5.41) is 5.67. The normalized spacial score (nSPS) is 11.5. The maximum absolute atomic E-state index is 13.2. The molecule has 1 unspecified atom stereocenters. The van der Waals surface area contributed by atoms with Crippen molar-refractivity contribution in [2.75, 3.05) is 10.2 Å². The van der Waals surface area contributed by atoms with Crippen LogP contribution >= 0.6 is 11.3 Å². The van der Waals surface area contributed by atoms with Crippen molar-refractivity contribution in [2.24, 2.45) is 5.73 Å². The molecule has 2 aromatic heterocycles. The molecule has 6 nitrogen and oxygen atoms in total. The molecule has 33 heavy (non-hydrogen) atoms. The second-order valence-electron chi connectivity index (χ2n) is 7.54. The van der Waals surface area contributed by atoms with Crippen molar-refractivity contribution in [3.8, 4) is 0 Å². The molecule has 0 aliphatic carbocycles. The number of nitrogens with one attached hydrogen (secondary N) is 1. The number of anilines is 2. The lowest BCUT2D eigenvalue weighted by Crippen LogP contribution is -2.32. The Bertz CT molecular complexity index is 1180. The van der Waals surface area contributed by atoms with Gasteiger partial charge in [0.15, 0.2) is 0 Å². The fourth-order valence-electron chi connectivity index (χ4n) is 3.41. The third-order valence-electron chi connectivity index (χ3n) is 5.19. The van der Waals surface area contributed by atoms with Gasteiger partial charge in [0.05, 0.1) is 11.5 Å². The van der Waals surface area contributed by atoms with E-state index < -0.39 is 6.04 Å². The minimum Gasteiger partial charge on any atom is -0.324 e. The topological polar surface area (TPSA) is 88.3 Å². The number of nitrogens with zero attached hydrogens (tertiary/aromatic N) is 2. The molecule has 0 aliphatic rings. The highest BCUT2D eigenvalue weighted by molar-refractivity contribution is 7.14. The molecule has 4 rings (SSSR count). The molecular weight excluding hydrogens is 432 g/mol. The molecule has 2 aromatic carbocycles. The monoisotopic (exact) mass is 456 g/mol. The van der Waals surface area contributed by atoms with E-state index in [0.29, 0.717) is 17.8 Å². The van der Waals surface area contributed by atoms with Gasteiger partial charge in [-0.3, -0.25) is 19.5 Å². The minimum atomic E-state index is -0.479. The van der Waals surface area contributed by atoms with Crippen LogP contribution in [0.25, 0.3) is 0 Å². The van der Waals surface area contributed by atoms with Gasteiger partial charge >= 0.3 is 0 Å². The number of amides is 2. The Morgan fingerprint density at radius 3 is 2.33 bits per heavy atom. The van der Waals surface area contributed by atoms with E-state index in [-0.39, 0.29) is 18.2 Å². The molecule has 166 valence electrons. The number of carbonyl (C=O) groups is 2. The van der Waals surface area contributed by atoms with E-state index in [1.165, 1.54) is 11.3 Å². The molecular formula is C26H24N4O2S. The number of rotatable bonds is 8. The zero-order valence-electron chi connectivity index (χ0n) is 17.9. The summed E-state index contributed by atoms with van der Waals surface area (Å²) in [5.74, 6) is -0.266. The van der Waals surface area contributed by atoms with E-state index in [0.717, 1.165) is 16.1 Å². The molecule has 2 heterocycles. The maximum atomic E-state index is 13.2. The van der Waals surface area contributed by atoms with Gasteiger partial charge in [0.2, 0.25) is 5.91 Å². The van der Waals surface area contributed by atoms with E-state index in [1.807, 2.05) is 47.8 Å². The highest BCUT2D eigenvalue weighted by Gasteiger charge is 2.21. The summed E-state index contributed by atoms with van der Waals surface area (Å²) in [5.41, 5.74) is 9.42. The van der Waals surface area contributed by atoms with Crippen LogP contribution in [0.5, 0.6) is 0 Å². The van der Waals surface area contributed by atoms with Crippen LogP contribution in [0.4, 0.5) is 10.7 Å². The maximum Gasteiger partial charge on any atom is 0.255 e. The van der Waals surface area contributed by atoms with Crippen LogP contribution in [0.15, 0.2) is 96.6 Å². The SMILES string of the molecule is NC(CC(=O)N(Cc1ccccc1)c1cccs1)c1ccc(C(=O)Nc2ccncc2)cc1. The molecule has 0 spiro atoms. The molecule has 3 N–H and O–H groups in total. The largest absolute Gasteiger partial charge is 0.324 e. The third-order valence-corrected chi connectivity index (χ3v) is 6.08. The summed E-state index contributed by atoms with van der Waals surface area (Å²) in [4.78, 5) is 31.3. The van der Waals surface area contributed by atoms with Gasteiger partial charge in [-0.25, -0.2) is 0 Å². The smallest absolute Gasteiger partial charge is 0.255 e. The molecule has 0 aliphatic heterocycles. The minimum absolute atomic E-state index is 0.0479. The Balaban J connectivity index is 1.42. The summed E-state index contributed by atoms with van der Waals surface area (Å²) < 4.78 is 0. The summed E-state index contributed by atoms with van der Waals surface area (Å²) in [6, 6.07) is 23.8. The van der Waals surface area contributed by atoms with Gasteiger partial charge in [-0.2, -0.15) is 0 Å². The standard InChI is InChI=1S/C26H24N4O2S/c27-23(20-8-10-21(11-9-20)26(32)29-22-12-14-28-15-13-22)17-24(31)30(25-7-4-16-33-25)18-19-5-2-1-3-6-19/h1-16,23H,17-18,27H2,(H,28,29,32). The summed E-state index contributed by atoms with van der Waals surface area (Å²) in [6.07, 6.45) is 3.39. The van der Waals surface area contributed by atoms with Gasteiger partial charge in [-0.05, 0) is 52.9 Å². The zero-order chi connectivity index (χ0) is 23.0. The first kappa shape index (κ1) is 22.4. The number of pyridine rings is 1. The Labute approximate surface area is 196 Å². The number of nitrogens with two attached hydrogens (primary N) is 1. The number of hydrogen-bond acceptors (Lipinski definition) is 5. The van der Waals surface area contributed by atoms with Gasteiger partial charge in [0.25, 0.3) is 5.91 Å². The number of carbonyl (C=O) groups excluding carboxylic acids is 2. The van der Waals surface area contributed by atoms with Crippen molar-refractivity contribution in [3.05, 3.63) is 113 Å². The van der Waals surface area contributed by atoms with Gasteiger partial charge < -0.3 is 11.1 Å². The predicted molar refractivity (Wildman–Crippen MR) is 132 cm³/mol. The molecule has 0 saturated heterocycles. The molecule has 0 fully saturated rings. The average molecular weight is 457 g/mol. The van der Waals surface area contributed by atoms with Crippen LogP contribution in [-0.2, 0) is 11.3 Å². The van der Waals surface area contributed by atoms with Crippen molar-refractivity contribution < 1.29 is 9.59 Å². The second kappa shape index (κ2) is 10.7.